The molecular formula is C36H62N4O12+2. The van der Waals surface area contributed by atoms with E-state index < -0.39 is 77.0 Å². The molecule has 4 atom stereocenters. The van der Waals surface area contributed by atoms with Crippen molar-refractivity contribution in [3.63, 3.8) is 0 Å². The number of rotatable bonds is 18. The highest BCUT2D eigenvalue weighted by Gasteiger charge is 2.29. The molecule has 0 bridgehead atoms. The highest BCUT2D eigenvalue weighted by molar-refractivity contribution is 5.82. The zero-order chi connectivity index (χ0) is 40.7. The maximum atomic E-state index is 12.5. The number of alkyl carbamates (subject to hydrolysis) is 2. The van der Waals surface area contributed by atoms with Crippen LogP contribution in [0.15, 0.2) is 0 Å². The molecule has 2 amide bonds. The number of hydrogen-bond donors (Lipinski definition) is 5. The molecule has 0 radical (unpaired) electrons. The maximum absolute atomic E-state index is 12.5. The summed E-state index contributed by atoms with van der Waals surface area (Å²) in [4.78, 5) is 70.7. The first-order valence-corrected chi connectivity index (χ1v) is 17.1. The highest BCUT2D eigenvalue weighted by Crippen LogP contribution is 2.14. The number of aliphatic carboxylic acids is 1. The first kappa shape index (κ1) is 49.6. The molecule has 16 nitrogen and oxygen atoms in total. The van der Waals surface area contributed by atoms with Gasteiger partial charge in [-0.2, -0.15) is 0 Å². The lowest BCUT2D eigenvalue weighted by atomic mass is 10.1. The molecule has 0 aromatic rings. The fourth-order valence-electron chi connectivity index (χ4n) is 3.69. The molecule has 0 heterocycles. The van der Waals surface area contributed by atoms with Gasteiger partial charge in [0.2, 0.25) is 0 Å². The number of quaternary nitrogens is 2. The Balaban J connectivity index is 0. The third-order valence-corrected chi connectivity index (χ3v) is 6.05. The summed E-state index contributed by atoms with van der Waals surface area (Å²) in [6, 6.07) is -3.10. The van der Waals surface area contributed by atoms with Gasteiger partial charge in [0.15, 0.2) is 12.1 Å². The number of unbranched alkanes of at least 4 members (excludes halogenated alkanes) is 2. The smallest absolute Gasteiger partial charge is 0.408 e. The van der Waals surface area contributed by atoms with E-state index in [4.69, 9.17) is 41.6 Å². The van der Waals surface area contributed by atoms with E-state index in [0.717, 1.165) is 0 Å². The number of hydrogen-bond acceptors (Lipinski definition) is 11. The fourth-order valence-corrected chi connectivity index (χ4v) is 3.69. The molecule has 0 fully saturated rings. The van der Waals surface area contributed by atoms with Crippen LogP contribution in [0.1, 0.15) is 114 Å². The van der Waals surface area contributed by atoms with Crippen LogP contribution in [0.2, 0.25) is 0 Å². The predicted molar refractivity (Wildman–Crippen MR) is 190 cm³/mol. The second-order valence-electron chi connectivity index (χ2n) is 14.8. The average Bonchev–Trinajstić information content (AvgIpc) is 2.97. The molecule has 0 saturated heterocycles. The zero-order valence-electron chi connectivity index (χ0n) is 32.4. The van der Waals surface area contributed by atoms with Gasteiger partial charge in [0.25, 0.3) is 0 Å². The lowest BCUT2D eigenvalue weighted by Gasteiger charge is -2.26. The topological polar surface area (TPSA) is 248 Å². The van der Waals surface area contributed by atoms with Crippen molar-refractivity contribution in [2.24, 2.45) is 0 Å². The molecule has 0 unspecified atom stereocenters. The number of carboxylic acids is 1. The molecule has 9 N–H and O–H groups in total. The number of carbonyl (C=O) groups excluding carboxylic acids is 5. The van der Waals surface area contributed by atoms with E-state index in [-0.39, 0.29) is 32.5 Å². The Labute approximate surface area is 308 Å². The van der Waals surface area contributed by atoms with Crippen molar-refractivity contribution in [3.05, 3.63) is 0 Å². The maximum Gasteiger partial charge on any atom is 0.408 e. The molecule has 0 aromatic carbocycles. The molecule has 0 spiro atoms. The molecule has 0 aliphatic carbocycles. The molecular weight excluding hydrogens is 680 g/mol. The molecule has 0 saturated carbocycles. The lowest BCUT2D eigenvalue weighted by Crippen LogP contribution is -2.65. The first-order chi connectivity index (χ1) is 23.8. The van der Waals surface area contributed by atoms with Gasteiger partial charge in [-0.05, 0) is 94.4 Å². The number of carbonyl (C=O) groups is 6. The Morgan fingerprint density at radius 2 is 1.02 bits per heavy atom. The van der Waals surface area contributed by atoms with Gasteiger partial charge in [0, 0.05) is 12.8 Å². The first-order valence-electron chi connectivity index (χ1n) is 17.1. The SMILES string of the molecule is C#CC[C@H](NC(=O)OC(C)(C)C)C(=O)OCCCC[C@H](NC(=O)OC(C)(C)C)C(=O)OC(C)(C)C.C#CC[C@H]([NH3+])C(=O)OCCCC[C@H]([NH3+])C(=O)O. The van der Waals surface area contributed by atoms with E-state index in [0.29, 0.717) is 32.1 Å². The van der Waals surface area contributed by atoms with E-state index in [1.165, 1.54) is 0 Å². The zero-order valence-corrected chi connectivity index (χ0v) is 32.4. The molecule has 296 valence electrons. The van der Waals surface area contributed by atoms with Crippen molar-refractivity contribution < 1.29 is 69.0 Å². The van der Waals surface area contributed by atoms with Gasteiger partial charge in [-0.15, -0.1) is 18.8 Å². The predicted octanol–water partition coefficient (Wildman–Crippen LogP) is 1.88. The molecule has 0 rings (SSSR count). The van der Waals surface area contributed by atoms with Gasteiger partial charge in [-0.25, -0.2) is 28.8 Å². The van der Waals surface area contributed by atoms with Crippen molar-refractivity contribution in [2.45, 2.75) is 155 Å². The summed E-state index contributed by atoms with van der Waals surface area (Å²) in [7, 11) is 0. The van der Waals surface area contributed by atoms with Crippen molar-refractivity contribution >= 4 is 36.1 Å². The largest absolute Gasteiger partial charge is 0.477 e. The van der Waals surface area contributed by atoms with Gasteiger partial charge in [0.05, 0.1) is 19.6 Å². The molecule has 0 aromatic heterocycles. The number of amides is 2. The fraction of sp³-hybridized carbons (Fsp3) is 0.722. The summed E-state index contributed by atoms with van der Waals surface area (Å²) in [6.07, 6.45) is 11.9. The van der Waals surface area contributed by atoms with Gasteiger partial charge in [-0.1, -0.05) is 5.92 Å². The van der Waals surface area contributed by atoms with Gasteiger partial charge in [0.1, 0.15) is 28.9 Å². The van der Waals surface area contributed by atoms with E-state index in [1.807, 2.05) is 0 Å². The second kappa shape index (κ2) is 24.6. The van der Waals surface area contributed by atoms with Crippen molar-refractivity contribution in [3.8, 4) is 24.7 Å². The number of ether oxygens (including phenoxy) is 5. The monoisotopic (exact) mass is 742 g/mol. The second-order valence-corrected chi connectivity index (χ2v) is 14.8. The Bertz CT molecular complexity index is 1240. The minimum atomic E-state index is -1.04. The summed E-state index contributed by atoms with van der Waals surface area (Å²) in [5.74, 6) is 2.07. The van der Waals surface area contributed by atoms with Crippen molar-refractivity contribution in [1.82, 2.24) is 10.6 Å². The lowest BCUT2D eigenvalue weighted by molar-refractivity contribution is -0.409. The van der Waals surface area contributed by atoms with Crippen LogP contribution >= 0.6 is 0 Å². The molecule has 16 heteroatoms. The summed E-state index contributed by atoms with van der Waals surface area (Å²) < 4.78 is 25.9. The van der Waals surface area contributed by atoms with Crippen LogP contribution in [-0.2, 0) is 42.9 Å². The standard InChI is InChI=1S/C25H42N2O8.C11H18N2O4/c1-11-14-17(26-21(30)34-24(5,6)7)19(28)32-16-13-12-15-18(20(29)33-23(2,3)4)27-22(31)35-25(8,9)10;1-2-5-9(13)11(16)17-7-4-3-6-8(12)10(14)15/h1,17-18H,12-16H2,2-10H3,(H,26,30)(H,27,31);1,8-9H,3-7,12-13H2,(H,14,15)/p+2/t17-,18-;8-,9-/m00/s1. The normalized spacial score (nSPS) is 13.5. The van der Waals surface area contributed by atoms with Crippen molar-refractivity contribution in [1.29, 1.82) is 0 Å². The Hall–Kier alpha value is -4.54. The quantitative estimate of drug-likeness (QED) is 0.0585. The van der Waals surface area contributed by atoms with Gasteiger partial charge >= 0.3 is 36.1 Å². The van der Waals surface area contributed by atoms with Gasteiger partial charge < -0.3 is 50.9 Å². The third-order valence-electron chi connectivity index (χ3n) is 6.05. The highest BCUT2D eigenvalue weighted by atomic mass is 16.6. The van der Waals surface area contributed by atoms with Gasteiger partial charge in [-0.3, -0.25) is 0 Å². The minimum Gasteiger partial charge on any atom is -0.477 e. The Morgan fingerprint density at radius 1 is 0.596 bits per heavy atom. The summed E-state index contributed by atoms with van der Waals surface area (Å²) in [5, 5.41) is 13.5. The van der Waals surface area contributed by atoms with E-state index in [9.17, 15) is 28.8 Å². The summed E-state index contributed by atoms with van der Waals surface area (Å²) in [5.41, 5.74) is 4.88. The number of nitrogens with one attached hydrogen (secondary N) is 2. The molecule has 0 aliphatic rings. The number of esters is 3. The van der Waals surface area contributed by atoms with Crippen LogP contribution in [0.3, 0.4) is 0 Å². The van der Waals surface area contributed by atoms with Crippen LogP contribution in [-0.4, -0.2) is 95.4 Å². The van der Waals surface area contributed by atoms with E-state index >= 15 is 0 Å². The van der Waals surface area contributed by atoms with Crippen LogP contribution in [0.5, 0.6) is 0 Å². The number of carboxylic acid groups (broad SMARTS) is 1. The molecule has 52 heavy (non-hydrogen) atoms. The Kier molecular flexibility index (Phi) is 23.5. The Morgan fingerprint density at radius 3 is 1.44 bits per heavy atom. The summed E-state index contributed by atoms with van der Waals surface area (Å²) in [6.45, 7) is 15.7. The number of terminal acetylenes is 2. The van der Waals surface area contributed by atoms with Crippen LogP contribution < -0.4 is 22.1 Å². The minimum absolute atomic E-state index is 0.0311. The van der Waals surface area contributed by atoms with Crippen LogP contribution in [0.4, 0.5) is 9.59 Å². The molecule has 0 aliphatic heterocycles. The van der Waals surface area contributed by atoms with Crippen molar-refractivity contribution in [2.75, 3.05) is 13.2 Å². The van der Waals surface area contributed by atoms with E-state index in [1.54, 1.807) is 62.3 Å². The average molecular weight is 743 g/mol. The van der Waals surface area contributed by atoms with Crippen LogP contribution in [0, 0.1) is 24.7 Å². The summed E-state index contributed by atoms with van der Waals surface area (Å²) >= 11 is 0. The third kappa shape index (κ3) is 28.2. The van der Waals surface area contributed by atoms with Crippen LogP contribution in [0.25, 0.3) is 0 Å². The van der Waals surface area contributed by atoms with E-state index in [2.05, 4.69) is 33.9 Å².